The molecule has 1 saturated heterocycles. The molecule has 2 aromatic heterocycles. The average Bonchev–Trinajstić information content (AvgIpc) is 3.67. The van der Waals surface area contributed by atoms with Gasteiger partial charge in [-0.25, -0.2) is 4.98 Å². The summed E-state index contributed by atoms with van der Waals surface area (Å²) in [7, 11) is 0. The van der Waals surface area contributed by atoms with Gasteiger partial charge in [-0.15, -0.1) is 11.3 Å². The highest BCUT2D eigenvalue weighted by atomic mass is 32.1. The molecule has 0 atom stereocenters. The van der Waals surface area contributed by atoms with E-state index < -0.39 is 0 Å². The van der Waals surface area contributed by atoms with E-state index in [9.17, 15) is 14.4 Å². The van der Waals surface area contributed by atoms with Gasteiger partial charge in [0.2, 0.25) is 5.91 Å². The predicted octanol–water partition coefficient (Wildman–Crippen LogP) is 5.72. The Balaban J connectivity index is 1.26. The van der Waals surface area contributed by atoms with Crippen LogP contribution < -0.4 is 4.90 Å². The summed E-state index contributed by atoms with van der Waals surface area (Å²) < 4.78 is 0. The van der Waals surface area contributed by atoms with Gasteiger partial charge < -0.3 is 9.80 Å². The monoisotopic (exact) mass is 513 g/mol. The highest BCUT2D eigenvalue weighted by molar-refractivity contribution is 7.17. The zero-order valence-electron chi connectivity index (χ0n) is 21.1. The van der Waals surface area contributed by atoms with Crippen LogP contribution in [0.15, 0.2) is 48.5 Å². The molecule has 37 heavy (non-hydrogen) atoms. The number of Topliss-reactive ketones (excluding diaryl/α,β-unsaturated/α-hetero) is 1. The van der Waals surface area contributed by atoms with E-state index in [4.69, 9.17) is 4.98 Å². The van der Waals surface area contributed by atoms with Gasteiger partial charge in [0.15, 0.2) is 5.78 Å². The maximum absolute atomic E-state index is 13.8. The molecule has 1 saturated carbocycles. The summed E-state index contributed by atoms with van der Waals surface area (Å²) in [5.41, 5.74) is 4.40. The van der Waals surface area contributed by atoms with Crippen LogP contribution >= 0.6 is 11.3 Å². The number of fused-ring (bicyclic) bond motifs is 3. The zero-order valence-corrected chi connectivity index (χ0v) is 21.9. The van der Waals surface area contributed by atoms with Crippen molar-refractivity contribution < 1.29 is 14.4 Å². The largest absolute Gasteiger partial charge is 0.343 e. The van der Waals surface area contributed by atoms with Crippen LogP contribution in [0, 0.1) is 5.92 Å². The first kappa shape index (κ1) is 24.0. The second-order valence-corrected chi connectivity index (χ2v) is 11.5. The van der Waals surface area contributed by atoms with Gasteiger partial charge in [-0.1, -0.05) is 24.3 Å². The minimum Gasteiger partial charge on any atom is -0.343 e. The van der Waals surface area contributed by atoms with Crippen molar-refractivity contribution >= 4 is 34.6 Å². The number of hydrogen-bond donors (Lipinski definition) is 0. The van der Waals surface area contributed by atoms with E-state index in [1.807, 2.05) is 40.1 Å². The Kier molecular flexibility index (Phi) is 6.41. The molecule has 4 heterocycles. The molecule has 0 spiro atoms. The highest BCUT2D eigenvalue weighted by Crippen LogP contribution is 2.43. The Labute approximate surface area is 221 Å². The number of hydrogen-bond acceptors (Lipinski definition) is 5. The standard InChI is InChI=1S/C30H31N3O3S/c1-19(34)32-14-11-21(12-15-32)24-6-4-7-25(31-24)30(36)33-16-13-22-18-28(27(35)17-20-9-10-20)37-29(22)23-5-2-3-8-26(23)33/h2-8,18,20-21H,9-17H2,1H3. The zero-order chi connectivity index (χ0) is 25.5. The Morgan fingerprint density at radius 2 is 1.76 bits per heavy atom. The van der Waals surface area contributed by atoms with Crippen LogP contribution in [0.3, 0.4) is 0 Å². The molecule has 190 valence electrons. The van der Waals surface area contributed by atoms with E-state index in [2.05, 4.69) is 12.1 Å². The van der Waals surface area contributed by atoms with Crippen LogP contribution in [-0.4, -0.2) is 47.1 Å². The molecule has 0 bridgehead atoms. The fraction of sp³-hybridized carbons (Fsp3) is 0.400. The van der Waals surface area contributed by atoms with Crippen molar-refractivity contribution in [3.63, 3.8) is 0 Å². The maximum atomic E-state index is 13.8. The number of carbonyl (C=O) groups excluding carboxylic acids is 3. The molecule has 6 rings (SSSR count). The summed E-state index contributed by atoms with van der Waals surface area (Å²) in [6.07, 6.45) is 5.41. The average molecular weight is 514 g/mol. The summed E-state index contributed by atoms with van der Waals surface area (Å²) in [5, 5.41) is 0. The number of carbonyl (C=O) groups is 3. The molecular formula is C30H31N3O3S. The Bertz CT molecular complexity index is 1370. The van der Waals surface area contributed by atoms with Crippen LogP contribution in [0.1, 0.15) is 76.4 Å². The number of para-hydroxylation sites is 1. The lowest BCUT2D eigenvalue weighted by molar-refractivity contribution is -0.129. The Hall–Kier alpha value is -3.32. The van der Waals surface area contributed by atoms with Crippen molar-refractivity contribution in [1.29, 1.82) is 0 Å². The van der Waals surface area contributed by atoms with Crippen molar-refractivity contribution in [1.82, 2.24) is 9.88 Å². The quantitative estimate of drug-likeness (QED) is 0.409. The van der Waals surface area contributed by atoms with E-state index in [0.29, 0.717) is 31.0 Å². The second kappa shape index (κ2) is 9.86. The Morgan fingerprint density at radius 1 is 0.973 bits per heavy atom. The molecule has 0 N–H and O–H groups in total. The summed E-state index contributed by atoms with van der Waals surface area (Å²) >= 11 is 1.57. The van der Waals surface area contributed by atoms with Gasteiger partial charge in [0.1, 0.15) is 5.69 Å². The fourth-order valence-corrected chi connectivity index (χ4v) is 6.75. The Morgan fingerprint density at radius 3 is 2.51 bits per heavy atom. The van der Waals surface area contributed by atoms with Gasteiger partial charge in [0.05, 0.1) is 10.6 Å². The molecule has 2 amide bonds. The van der Waals surface area contributed by atoms with Gasteiger partial charge in [-0.3, -0.25) is 14.4 Å². The molecule has 7 heteroatoms. The van der Waals surface area contributed by atoms with E-state index in [1.54, 1.807) is 24.3 Å². The van der Waals surface area contributed by atoms with Gasteiger partial charge in [-0.2, -0.15) is 0 Å². The normalized spacial score (nSPS) is 17.6. The van der Waals surface area contributed by atoms with Crippen molar-refractivity contribution in [2.45, 2.75) is 51.4 Å². The highest BCUT2D eigenvalue weighted by Gasteiger charge is 2.30. The SMILES string of the molecule is CC(=O)N1CCC(c2cccc(C(=O)N3CCc4cc(C(=O)CC5CC5)sc4-c4ccccc43)n2)CC1. The van der Waals surface area contributed by atoms with Crippen LogP contribution in [0.25, 0.3) is 10.4 Å². The number of ketones is 1. The van der Waals surface area contributed by atoms with Gasteiger partial charge >= 0.3 is 0 Å². The number of rotatable bonds is 5. The second-order valence-electron chi connectivity index (χ2n) is 10.5. The first-order valence-corrected chi connectivity index (χ1v) is 14.1. The molecule has 2 aliphatic heterocycles. The lowest BCUT2D eigenvalue weighted by atomic mass is 9.93. The third kappa shape index (κ3) is 4.85. The maximum Gasteiger partial charge on any atom is 0.276 e. The van der Waals surface area contributed by atoms with Crippen LogP contribution in [0.4, 0.5) is 5.69 Å². The number of nitrogens with zero attached hydrogens (tertiary/aromatic N) is 3. The number of anilines is 1. The van der Waals surface area contributed by atoms with Crippen molar-refractivity contribution in [3.8, 4) is 10.4 Å². The minimum atomic E-state index is -0.101. The molecule has 3 aromatic rings. The van der Waals surface area contributed by atoms with E-state index in [0.717, 1.165) is 58.2 Å². The smallest absolute Gasteiger partial charge is 0.276 e. The summed E-state index contributed by atoms with van der Waals surface area (Å²) in [5.74, 6) is 1.08. The van der Waals surface area contributed by atoms with Crippen LogP contribution in [-0.2, 0) is 11.2 Å². The van der Waals surface area contributed by atoms with E-state index in [-0.39, 0.29) is 23.5 Å². The van der Waals surface area contributed by atoms with E-state index >= 15 is 0 Å². The first-order valence-electron chi connectivity index (χ1n) is 13.3. The molecule has 0 unspecified atom stereocenters. The number of benzene rings is 1. The molecule has 2 fully saturated rings. The number of amides is 2. The van der Waals surface area contributed by atoms with Crippen LogP contribution in [0.5, 0.6) is 0 Å². The number of piperidine rings is 1. The molecular weight excluding hydrogens is 482 g/mol. The van der Waals surface area contributed by atoms with Crippen molar-refractivity contribution in [3.05, 3.63) is 70.4 Å². The lowest BCUT2D eigenvalue weighted by Gasteiger charge is -2.31. The number of likely N-dealkylation sites (tertiary alicyclic amines) is 1. The molecule has 3 aliphatic rings. The summed E-state index contributed by atoms with van der Waals surface area (Å²) in [6.45, 7) is 3.61. The van der Waals surface area contributed by atoms with Gasteiger partial charge in [0, 0.05) is 55.0 Å². The van der Waals surface area contributed by atoms with Crippen LogP contribution in [0.2, 0.25) is 0 Å². The summed E-state index contributed by atoms with van der Waals surface area (Å²) in [4.78, 5) is 48.8. The first-order chi connectivity index (χ1) is 18.0. The summed E-state index contributed by atoms with van der Waals surface area (Å²) in [6, 6.07) is 15.8. The van der Waals surface area contributed by atoms with Crippen molar-refractivity contribution in [2.24, 2.45) is 5.92 Å². The van der Waals surface area contributed by atoms with Crippen molar-refractivity contribution in [2.75, 3.05) is 24.5 Å². The third-order valence-electron chi connectivity index (χ3n) is 7.89. The predicted molar refractivity (Wildman–Crippen MR) is 145 cm³/mol. The third-order valence-corrected chi connectivity index (χ3v) is 9.14. The minimum absolute atomic E-state index is 0.101. The molecule has 6 nitrogen and oxygen atoms in total. The van der Waals surface area contributed by atoms with Gasteiger partial charge in [-0.05, 0) is 67.9 Å². The topological polar surface area (TPSA) is 70.6 Å². The molecule has 1 aliphatic carbocycles. The number of pyridine rings is 1. The number of thiophene rings is 1. The fourth-order valence-electron chi connectivity index (χ4n) is 5.56. The molecule has 1 aromatic carbocycles. The lowest BCUT2D eigenvalue weighted by Crippen LogP contribution is -2.36. The van der Waals surface area contributed by atoms with Gasteiger partial charge in [0.25, 0.3) is 5.91 Å². The molecule has 0 radical (unpaired) electrons. The number of aromatic nitrogens is 1. The van der Waals surface area contributed by atoms with E-state index in [1.165, 1.54) is 12.8 Å².